The summed E-state index contributed by atoms with van der Waals surface area (Å²) in [5.74, 6) is -13.0. The number of nitrogens with zero attached hydrogens (tertiary/aromatic N) is 3. The summed E-state index contributed by atoms with van der Waals surface area (Å²) in [7, 11) is -2.48. The number of rotatable bonds is 35. The van der Waals surface area contributed by atoms with Gasteiger partial charge in [0.25, 0.3) is 0 Å². The van der Waals surface area contributed by atoms with Gasteiger partial charge in [-0.05, 0) is 23.6 Å². The Kier molecular flexibility index (Phi) is 33.7. The number of ketones is 1. The summed E-state index contributed by atoms with van der Waals surface area (Å²) in [6.07, 6.45) is -2.94. The van der Waals surface area contributed by atoms with Gasteiger partial charge in [-0.25, -0.2) is 0 Å². The number of H-pyrrole nitrogens is 1. The average molecular weight is 1490 g/mol. The van der Waals surface area contributed by atoms with Crippen LogP contribution in [0.3, 0.4) is 0 Å². The molecule has 5 aliphatic heterocycles. The van der Waals surface area contributed by atoms with E-state index >= 15 is 4.21 Å². The van der Waals surface area contributed by atoms with Gasteiger partial charge in [0.05, 0.1) is 172 Å². The lowest BCUT2D eigenvalue weighted by Gasteiger charge is -2.32. The van der Waals surface area contributed by atoms with Gasteiger partial charge < -0.3 is 107 Å². The predicted molar refractivity (Wildman–Crippen MR) is 367 cm³/mol. The minimum absolute atomic E-state index is 0.0635. The zero-order valence-corrected chi connectivity index (χ0v) is 60.0. The van der Waals surface area contributed by atoms with Gasteiger partial charge in [0, 0.05) is 78.6 Å². The van der Waals surface area contributed by atoms with Crippen LogP contribution in [0.25, 0.3) is 10.9 Å². The number of primary amides is 1. The number of carbonyl (C=O) groups is 11. The van der Waals surface area contributed by atoms with E-state index in [1.807, 2.05) is 0 Å². The summed E-state index contributed by atoms with van der Waals surface area (Å²) in [4.78, 5) is 157. The fourth-order valence-electron chi connectivity index (χ4n) is 11.9. The fourth-order valence-corrected chi connectivity index (χ4v) is 14.2. The summed E-state index contributed by atoms with van der Waals surface area (Å²) in [5.41, 5.74) is 12.8. The van der Waals surface area contributed by atoms with Gasteiger partial charge in [-0.15, -0.1) is 5.53 Å². The van der Waals surface area contributed by atoms with Crippen LogP contribution >= 0.6 is 11.8 Å². The van der Waals surface area contributed by atoms with Gasteiger partial charge in [-0.1, -0.05) is 34.1 Å². The Labute approximate surface area is 602 Å². The monoisotopic (exact) mass is 1490 g/mol. The number of hydrogen-bond donors (Lipinski definition) is 14. The number of aliphatic hydroxyl groups excluding tert-OH is 3. The van der Waals surface area contributed by atoms with E-state index in [4.69, 9.17) is 38.9 Å². The summed E-state index contributed by atoms with van der Waals surface area (Å²) >= 11 is 1.34. The van der Waals surface area contributed by atoms with E-state index < -0.39 is 182 Å². The number of amides is 10. The highest BCUT2D eigenvalue weighted by Crippen LogP contribution is 2.36. The third-order valence-electron chi connectivity index (χ3n) is 17.9. The summed E-state index contributed by atoms with van der Waals surface area (Å²) in [6, 6.07) is -6.12. The number of phenols is 1. The van der Waals surface area contributed by atoms with Crippen molar-refractivity contribution in [1.82, 2.24) is 62.7 Å². The second-order valence-corrected chi connectivity index (χ2v) is 28.1. The van der Waals surface area contributed by atoms with Gasteiger partial charge in [0.15, 0.2) is 5.78 Å². The number of benzene rings is 1. The number of aromatic amines is 1. The molecule has 12 atom stereocenters. The normalized spacial score (nSPS) is 24.6. The number of ether oxygens (including phenoxy) is 7. The highest BCUT2D eigenvalue weighted by atomic mass is 32.2. The molecule has 10 amide bonds. The van der Waals surface area contributed by atoms with Crippen LogP contribution in [0.4, 0.5) is 0 Å². The van der Waals surface area contributed by atoms with Gasteiger partial charge in [0.1, 0.15) is 41.0 Å². The van der Waals surface area contributed by atoms with E-state index in [1.54, 1.807) is 32.0 Å². The lowest BCUT2D eigenvalue weighted by molar-refractivity contribution is -0.144. The molecule has 2 bridgehead atoms. The van der Waals surface area contributed by atoms with Crippen LogP contribution in [0.2, 0.25) is 0 Å². The van der Waals surface area contributed by atoms with Crippen molar-refractivity contribution >= 4 is 98.3 Å². The smallest absolute Gasteiger partial charge is 0.246 e. The van der Waals surface area contributed by atoms with E-state index in [0.717, 1.165) is 4.90 Å². The SMILES string of the molecule is CC[C@H](C)[C@@H]1CC(=O)CNC(=O)[C@@H]2Cc3c([nH]c4c(CSCCOCCOCCOCCOCCOCCOCCOCCN5C=C(CN6C(=O)CC(C)C6=O)NN5)c(O)ccc34)S(=O)C[C@@H](NC(=O)CNC1=O)C(=O)N[C@@H](CC(N)=O)C(=O)N1C[C@H](O)C[C@H]1C(=O)N[C@@H]([C@@H](C)[C@@H](O)CO)C(=O)N2. The minimum Gasteiger partial charge on any atom is -0.508 e. The van der Waals surface area contributed by atoms with Crippen LogP contribution in [0.1, 0.15) is 70.9 Å². The minimum atomic E-state index is -2.48. The molecule has 7 rings (SSSR count). The van der Waals surface area contributed by atoms with Gasteiger partial charge in [-0.3, -0.25) is 66.9 Å². The molecule has 0 radical (unpaired) electrons. The Morgan fingerprint density at radius 3 is 1.96 bits per heavy atom. The van der Waals surface area contributed by atoms with Crippen LogP contribution in [0, 0.1) is 23.7 Å². The highest BCUT2D eigenvalue weighted by Gasteiger charge is 2.46. The molecule has 574 valence electrons. The van der Waals surface area contributed by atoms with Crippen molar-refractivity contribution in [3.05, 3.63) is 35.2 Å². The Morgan fingerprint density at radius 1 is 0.738 bits per heavy atom. The van der Waals surface area contributed by atoms with E-state index in [0.29, 0.717) is 97.1 Å². The Hall–Kier alpha value is -7.47. The van der Waals surface area contributed by atoms with Crippen molar-refractivity contribution in [1.29, 1.82) is 0 Å². The van der Waals surface area contributed by atoms with Gasteiger partial charge >= 0.3 is 0 Å². The predicted octanol–water partition coefficient (Wildman–Crippen LogP) is -4.92. The second-order valence-electron chi connectivity index (χ2n) is 25.6. The number of nitrogens with one attached hydrogen (secondary N) is 9. The molecule has 1 aromatic carbocycles. The summed E-state index contributed by atoms with van der Waals surface area (Å²) in [5, 5.41) is 60.2. The molecule has 103 heavy (non-hydrogen) atoms. The number of hydrazine groups is 2. The van der Waals surface area contributed by atoms with Crippen LogP contribution in [0.15, 0.2) is 29.1 Å². The first-order valence-corrected chi connectivity index (χ1v) is 36.9. The van der Waals surface area contributed by atoms with Crippen molar-refractivity contribution in [2.75, 3.05) is 143 Å². The maximum atomic E-state index is 15.3. The molecular weight excluding hydrogens is 1390 g/mol. The fraction of sp³-hybridized carbons (Fsp3) is 0.677. The molecule has 2 unspecified atom stereocenters. The van der Waals surface area contributed by atoms with Crippen LogP contribution < -0.4 is 48.6 Å². The summed E-state index contributed by atoms with van der Waals surface area (Å²) in [6.45, 7) is 9.14. The largest absolute Gasteiger partial charge is 0.508 e. The molecule has 2 saturated heterocycles. The second kappa shape index (κ2) is 41.9. The van der Waals surface area contributed by atoms with E-state index in [2.05, 4.69) is 47.8 Å². The average Bonchev–Trinajstić information content (AvgIpc) is 1.61. The Balaban J connectivity index is 0.932. The number of carbonyl (C=O) groups excluding carboxylic acids is 11. The topological polar surface area (TPSA) is 498 Å². The first kappa shape index (κ1) is 82.8. The van der Waals surface area contributed by atoms with Crippen molar-refractivity contribution in [2.45, 2.75) is 119 Å². The molecule has 15 N–H and O–H groups in total. The zero-order chi connectivity index (χ0) is 74.7. The number of aromatic hydroxyl groups is 1. The number of likely N-dealkylation sites (tertiary alicyclic amines) is 1. The molecule has 38 heteroatoms. The first-order chi connectivity index (χ1) is 49.4. The lowest BCUT2D eigenvalue weighted by Crippen LogP contribution is -2.62. The number of phenolic OH excluding ortho intramolecular Hbond substituents is 1. The van der Waals surface area contributed by atoms with E-state index in [9.17, 15) is 73.2 Å². The van der Waals surface area contributed by atoms with Crippen molar-refractivity contribution in [3.63, 3.8) is 0 Å². The zero-order valence-electron chi connectivity index (χ0n) is 58.4. The number of nitrogens with two attached hydrogens (primary N) is 1. The van der Waals surface area contributed by atoms with E-state index in [-0.39, 0.29) is 89.1 Å². The van der Waals surface area contributed by atoms with Gasteiger partial charge in [0.2, 0.25) is 59.1 Å². The Bertz CT molecular complexity index is 3330. The number of aliphatic hydroxyl groups is 3. The number of fused-ring (bicyclic) bond motifs is 5. The highest BCUT2D eigenvalue weighted by molar-refractivity contribution is 7.98. The standard InChI is InChI=1S/C65H99N13O23S2/c1-5-37(2)44-25-41(80)29-67-59(88)47-27-45-43-6-7-51(82)46(35-102-23-22-101-21-20-100-19-18-99-17-16-98-15-14-97-13-12-96-11-10-95-9-8-76-31-40(74-75-76)32-78-55(86)24-38(3)64(78)92)57(43)73-63(45)103(94)36-49(69-54(85)30-68-58(44)87)60(89)71-48(28-53(66)84)65(93)77-33-42(81)26-50(77)61(90)72-56(62(91)70-47)39(4)52(83)34-79/h6-7,31,37-39,42,44,47-50,52,56,73-75,79,81-83H,5,8-30,32-36H2,1-4H3,(H2,66,84)(H,67,88)(H,68,87)(H,69,85)(H,70,91)(H,71,89)(H,72,90)/t37-,38?,39-,42+,44-,47-,48-,49+,50-,52-,56-,103?/m0/s1. The van der Waals surface area contributed by atoms with Crippen molar-refractivity contribution < 1.29 is 111 Å². The number of thioether (sulfide) groups is 1. The molecular formula is C65H99N13O23S2. The lowest BCUT2D eigenvalue weighted by atomic mass is 9.86. The number of aromatic nitrogens is 1. The third kappa shape index (κ3) is 24.8. The molecule has 2 aromatic rings. The maximum Gasteiger partial charge on any atom is 0.246 e. The molecule has 1 aromatic heterocycles. The summed E-state index contributed by atoms with van der Waals surface area (Å²) < 4.78 is 54.6. The Morgan fingerprint density at radius 2 is 1.36 bits per heavy atom. The number of Topliss-reactive ketones (excluding diaryl/α,β-unsaturated/α-hetero) is 1. The van der Waals surface area contributed by atoms with E-state index in [1.165, 1.54) is 35.7 Å². The molecule has 6 heterocycles. The molecule has 36 nitrogen and oxygen atoms in total. The van der Waals surface area contributed by atoms with Crippen molar-refractivity contribution in [2.24, 2.45) is 29.4 Å². The third-order valence-corrected chi connectivity index (χ3v) is 20.3. The number of hydrogen-bond acceptors (Lipinski definition) is 27. The maximum absolute atomic E-state index is 15.3. The molecule has 2 fully saturated rings. The number of imide groups is 1. The first-order valence-electron chi connectivity index (χ1n) is 34.4. The van der Waals surface area contributed by atoms with Crippen LogP contribution in [-0.2, 0) is 109 Å². The van der Waals surface area contributed by atoms with Crippen LogP contribution in [-0.4, -0.2) is 295 Å². The van der Waals surface area contributed by atoms with Gasteiger partial charge in [-0.2, -0.15) is 11.8 Å². The van der Waals surface area contributed by atoms with Crippen LogP contribution in [0.5, 0.6) is 5.75 Å². The molecule has 0 aliphatic carbocycles. The van der Waals surface area contributed by atoms with Crippen molar-refractivity contribution in [3.8, 4) is 5.75 Å². The molecule has 0 saturated carbocycles. The molecule has 5 aliphatic rings. The quantitative estimate of drug-likeness (QED) is 0.0227. The molecule has 0 spiro atoms.